The number of aryl methyl sites for hydroxylation is 4. The summed E-state index contributed by atoms with van der Waals surface area (Å²) in [6, 6.07) is 26.1. The molecule has 564 valence electrons. The summed E-state index contributed by atoms with van der Waals surface area (Å²) in [5, 5.41) is 32.5. The summed E-state index contributed by atoms with van der Waals surface area (Å²) >= 11 is 0. The quantitative estimate of drug-likeness (QED) is 0.0589. The van der Waals surface area contributed by atoms with E-state index in [1.54, 1.807) is 133 Å². The minimum Gasteiger partial charge on any atom is -0.481 e. The van der Waals surface area contributed by atoms with Crippen LogP contribution in [-0.2, 0) is 37.0 Å². The van der Waals surface area contributed by atoms with Crippen molar-refractivity contribution in [2.75, 3.05) is 27.3 Å². The topological polar surface area (TPSA) is 353 Å². The Morgan fingerprint density at radius 2 is 1.05 bits per heavy atom. The van der Waals surface area contributed by atoms with Gasteiger partial charge < -0.3 is 43.9 Å². The van der Waals surface area contributed by atoms with E-state index in [1.165, 1.54) is 4.57 Å². The molecule has 0 bridgehead atoms. The number of methoxy groups -OCH3 is 2. The Hall–Kier alpha value is -12.8. The van der Waals surface area contributed by atoms with Crippen molar-refractivity contribution >= 4 is 46.1 Å². The number of ether oxygens (including phenoxy) is 2. The van der Waals surface area contributed by atoms with Gasteiger partial charge in [0.1, 0.15) is 45.7 Å². The maximum Gasteiger partial charge on any atom is 0.438 e. The number of carboxylic acids is 1. The average Bonchev–Trinajstić information content (AvgIpc) is 1.53. The third kappa shape index (κ3) is 12.0. The van der Waals surface area contributed by atoms with Crippen LogP contribution in [0.2, 0.25) is 0 Å². The predicted octanol–water partition coefficient (Wildman–Crippen LogP) is 10.5. The second kappa shape index (κ2) is 27.8. The molecule has 2 saturated carbocycles. The number of carboxylic acid groups (broad SMARTS) is 1. The molecule has 10 aromatic heterocycles. The van der Waals surface area contributed by atoms with E-state index in [1.807, 2.05) is 79.9 Å². The Morgan fingerprint density at radius 3 is 1.46 bits per heavy atom. The van der Waals surface area contributed by atoms with E-state index >= 15 is 0 Å². The van der Waals surface area contributed by atoms with Crippen molar-refractivity contribution in [1.29, 1.82) is 0 Å². The van der Waals surface area contributed by atoms with Crippen molar-refractivity contribution in [1.82, 2.24) is 88.3 Å². The first kappa shape index (κ1) is 72.8. The Balaban J connectivity index is 0.000000144. The van der Waals surface area contributed by atoms with E-state index in [4.69, 9.17) is 28.7 Å². The first-order valence-electron chi connectivity index (χ1n) is 35.4. The minimum absolute atomic E-state index is 0. The third-order valence-electron chi connectivity index (χ3n) is 21.7. The number of nitrogens with zero attached hydrogens (tertiary/aromatic N) is 13. The van der Waals surface area contributed by atoms with Gasteiger partial charge >= 0.3 is 28.9 Å². The highest BCUT2D eigenvalue weighted by atomic mass is 35.5. The molecule has 110 heavy (non-hydrogen) atoms. The standard InChI is InChI=1S/C39H36FN9O5.C22H20N4O5.C17H18FN5O.ClH/c1-20-14-26(15-21(2)32(20)40)49-34(47-13-11-42-37(47)51)28-19-46(12-9-29(28)44-49)35(50)31-17-25-16-24(27-8-10-41-33(53-5)23(27)4)6-7-30(25)48(31)39(18-22(39)3)36-43-38(52)54-45-36;1-11-10-22(11,20-24-21(29)31-25-20)26-16-5-4-13(8-14(16)9-17(26)19(27)28)15-6-7-23-18(30-3)12(15)2;1-10-7-12(8-11(2)15(10)18)23-16(22-6-5-20-17(22)24)13-9-19-4-3-14(13)21-23;/h6-8,10-11,13-17,22H,9,12,18-19H2,1-5H3,(H,42,51)(H,43,45,52);4-9,11H,10H2,1-3H3,(H,27,28)(H,24,25,29);5-8,19H,3-4,9H2,1-2H3,(H,20,24);1H/t22-,39-;11-,22-;;/m00../s1. The number of amides is 1. The second-order valence-electron chi connectivity index (χ2n) is 28.3. The molecule has 18 rings (SSSR count). The summed E-state index contributed by atoms with van der Waals surface area (Å²) < 4.78 is 59.4. The smallest absolute Gasteiger partial charge is 0.438 e. The maximum atomic E-state index is 15.0. The van der Waals surface area contributed by atoms with Crippen molar-refractivity contribution < 1.29 is 42.0 Å². The van der Waals surface area contributed by atoms with E-state index in [0.717, 1.165) is 90.8 Å². The van der Waals surface area contributed by atoms with Crippen molar-refractivity contribution in [3.8, 4) is 57.0 Å². The number of H-pyrrole nitrogens is 4. The van der Waals surface area contributed by atoms with Crippen molar-refractivity contribution in [2.45, 2.75) is 105 Å². The van der Waals surface area contributed by atoms with Gasteiger partial charge in [-0.1, -0.05) is 36.3 Å². The first-order valence-corrected chi connectivity index (χ1v) is 35.4. The van der Waals surface area contributed by atoms with E-state index in [9.17, 15) is 42.7 Å². The van der Waals surface area contributed by atoms with Crippen LogP contribution in [0.4, 0.5) is 8.78 Å². The molecule has 32 heteroatoms. The van der Waals surface area contributed by atoms with Crippen LogP contribution in [0.15, 0.2) is 150 Å². The molecule has 0 spiro atoms. The summed E-state index contributed by atoms with van der Waals surface area (Å²) in [6.45, 7) is 16.8. The molecular weight excluding hydrogens is 1440 g/mol. The molecule has 14 aromatic rings. The molecular formula is C78H75ClF2N18O11. The molecule has 0 unspecified atom stereocenters. The molecule has 2 aliphatic heterocycles. The van der Waals surface area contributed by atoms with Crippen LogP contribution in [0.25, 0.3) is 67.1 Å². The fraction of sp³-hybridized carbons (Fsp3) is 0.282. The SMILES string of the molecule is COc1nccc(-c2ccc3c(c2)cc(C(=O)N2CCc4nn(-c5cc(C)c(F)c(C)c5)c(-n5cc[nH]c5=O)c4C2)n3[C@@]2(c3noc(=O)[nH]3)C[C@@H]2C)c1C.COc1nccc(-c2ccc3c(c2)cc(C(=O)O)n3[C@@]2(c3noc(=O)[nH]3)C[C@@H]2C)c1C.Cc1cc(-n2nc3c(c2-n2cc[nH]c2=O)CNCC3)cc(C)c1F.Cl. The number of imidazole rings is 2. The fourth-order valence-electron chi connectivity index (χ4n) is 16.1. The minimum atomic E-state index is -1.05. The van der Waals surface area contributed by atoms with E-state index < -0.39 is 28.6 Å². The van der Waals surface area contributed by atoms with Gasteiger partial charge in [-0.15, -0.1) is 12.4 Å². The van der Waals surface area contributed by atoms with Crippen LogP contribution in [-0.4, -0.2) is 127 Å². The molecule has 1 amide bonds. The Morgan fingerprint density at radius 1 is 0.600 bits per heavy atom. The normalized spacial score (nSPS) is 17.5. The lowest BCUT2D eigenvalue weighted by Gasteiger charge is -2.29. The number of carbonyl (C=O) groups excluding carboxylic acids is 1. The molecule has 0 radical (unpaired) electrons. The molecule has 2 aliphatic carbocycles. The van der Waals surface area contributed by atoms with E-state index in [0.29, 0.717) is 107 Å². The van der Waals surface area contributed by atoms with Crippen LogP contribution in [0.1, 0.15) is 115 Å². The number of hydrogen-bond donors (Lipinski definition) is 6. The highest BCUT2D eigenvalue weighted by molar-refractivity contribution is 6.01. The number of halogens is 3. The third-order valence-corrected chi connectivity index (χ3v) is 21.7. The zero-order valence-corrected chi connectivity index (χ0v) is 62.2. The number of aromatic amines is 4. The van der Waals surface area contributed by atoms with Crippen LogP contribution >= 0.6 is 12.4 Å². The van der Waals surface area contributed by atoms with Gasteiger partial charge in [-0.3, -0.25) is 32.9 Å². The van der Waals surface area contributed by atoms with Gasteiger partial charge in [0.25, 0.3) is 5.91 Å². The monoisotopic (exact) mass is 1510 g/mol. The molecule has 6 N–H and O–H groups in total. The van der Waals surface area contributed by atoms with Gasteiger partial charge in [0, 0.05) is 114 Å². The lowest BCUT2D eigenvalue weighted by Crippen LogP contribution is -2.39. The van der Waals surface area contributed by atoms with Gasteiger partial charge in [0.15, 0.2) is 11.6 Å². The lowest BCUT2D eigenvalue weighted by molar-refractivity contribution is 0.0680. The zero-order valence-electron chi connectivity index (χ0n) is 61.4. The number of carbonyl (C=O) groups is 2. The number of pyridine rings is 2. The van der Waals surface area contributed by atoms with Crippen molar-refractivity contribution in [3.05, 3.63) is 255 Å². The largest absolute Gasteiger partial charge is 0.481 e. The van der Waals surface area contributed by atoms with Crippen LogP contribution < -0.4 is 37.7 Å². The molecule has 12 heterocycles. The zero-order chi connectivity index (χ0) is 76.4. The Kier molecular flexibility index (Phi) is 18.4. The van der Waals surface area contributed by atoms with Crippen molar-refractivity contribution in [2.24, 2.45) is 11.8 Å². The van der Waals surface area contributed by atoms with Gasteiger partial charge in [0.05, 0.1) is 43.5 Å². The second-order valence-corrected chi connectivity index (χ2v) is 28.3. The summed E-state index contributed by atoms with van der Waals surface area (Å²) in [5.74, 6) is -0.0983. The van der Waals surface area contributed by atoms with Gasteiger partial charge in [-0.2, -0.15) is 10.2 Å². The summed E-state index contributed by atoms with van der Waals surface area (Å²) in [5.41, 5.74) is 12.2. The first-order chi connectivity index (χ1) is 52.4. The Labute approximate surface area is 629 Å². The van der Waals surface area contributed by atoms with Crippen LogP contribution in [0, 0.1) is 65.0 Å². The number of aromatic carboxylic acids is 1. The number of fused-ring (bicyclic) bond motifs is 4. The number of aromatic nitrogens is 16. The summed E-state index contributed by atoms with van der Waals surface area (Å²) in [6.07, 6.45) is 12.3. The maximum absolute atomic E-state index is 15.0. The lowest BCUT2D eigenvalue weighted by atomic mass is 10.0. The molecule has 0 saturated heterocycles. The predicted molar refractivity (Wildman–Crippen MR) is 403 cm³/mol. The Bertz CT molecular complexity index is 6250. The fourth-order valence-corrected chi connectivity index (χ4v) is 16.1. The summed E-state index contributed by atoms with van der Waals surface area (Å²) in [4.78, 5) is 97.3. The number of benzene rings is 4. The van der Waals surface area contributed by atoms with Gasteiger partial charge in [0.2, 0.25) is 11.8 Å². The van der Waals surface area contributed by atoms with Crippen LogP contribution in [0.5, 0.6) is 11.8 Å². The molecule has 4 aliphatic rings. The van der Waals surface area contributed by atoms with E-state index in [-0.39, 0.29) is 65.4 Å². The van der Waals surface area contributed by atoms with E-state index in [2.05, 4.69) is 52.5 Å². The van der Waals surface area contributed by atoms with Gasteiger partial charge in [-0.05, 0) is 184 Å². The number of nitrogens with one attached hydrogen (secondary N) is 5. The molecule has 29 nitrogen and oxygen atoms in total. The van der Waals surface area contributed by atoms with Gasteiger partial charge in [-0.25, -0.2) is 52.1 Å². The highest BCUT2D eigenvalue weighted by Gasteiger charge is 2.60. The molecule has 4 atom stereocenters. The highest BCUT2D eigenvalue weighted by Crippen LogP contribution is 2.57. The number of hydrogen-bond acceptors (Lipinski definition) is 17. The molecule has 2 fully saturated rings. The molecule has 4 aromatic carbocycles. The summed E-state index contributed by atoms with van der Waals surface area (Å²) in [7, 11) is 3.16. The van der Waals surface area contributed by atoms with Crippen molar-refractivity contribution in [3.63, 3.8) is 0 Å². The number of rotatable bonds is 14. The average molecular weight is 1510 g/mol. The van der Waals surface area contributed by atoms with Crippen LogP contribution in [0.3, 0.4) is 0 Å².